The van der Waals surface area contributed by atoms with Crippen LogP contribution in [-0.2, 0) is 47.5 Å². The molecule has 9 rings (SSSR count). The third-order valence-corrected chi connectivity index (χ3v) is 21.0. The van der Waals surface area contributed by atoms with Crippen LogP contribution in [0.2, 0.25) is 0 Å². The number of allylic oxidation sites excluding steroid dienone is 2. The van der Waals surface area contributed by atoms with E-state index >= 15 is 0 Å². The molecule has 5 aliphatic carbocycles. The van der Waals surface area contributed by atoms with Gasteiger partial charge in [-0.1, -0.05) is 60.1 Å². The van der Waals surface area contributed by atoms with Crippen molar-refractivity contribution < 1.29 is 109 Å². The summed E-state index contributed by atoms with van der Waals surface area (Å²) in [4.78, 5) is 26.1. The standard InChI is InChI=1S/C53H84O22/c1-22-30(56)32(58)40(74-43-35(61)31(57)25(55)21-68-43)46(69-22)72-38-26(20-54)70-44(36(62)33(38)59)73-39-34(60)37(63)45(75-41(39)42(64)65)71-29-12-13-50(6)27(49(29,4)5)11-14-52(8)28(50)10-9-23-24-19-48(2,3)15-17-53(24,47(66)67)18-16-51(23,52)7/h9,22,24-41,43-46,54-63H,10-21H2,1-8H3,(H,64,65)(H,66,67)/t22-,24-,25-,26+,27-,28+,29-,30-,31-,32+,33+,34+,35+,36+,37+,38-,39-,40+,41-,43-,44-,45+,46-,50-,51+,52+,53-/m0/s1. The zero-order valence-corrected chi connectivity index (χ0v) is 44.3. The summed E-state index contributed by atoms with van der Waals surface area (Å²) in [7, 11) is 0. The van der Waals surface area contributed by atoms with Gasteiger partial charge in [-0.3, -0.25) is 4.79 Å². The predicted molar refractivity (Wildman–Crippen MR) is 256 cm³/mol. The number of hydrogen-bond donors (Lipinski definition) is 12. The normalized spacial score (nSPS) is 53.5. The highest BCUT2D eigenvalue weighted by atomic mass is 16.8. The Morgan fingerprint density at radius 3 is 1.88 bits per heavy atom. The number of carboxylic acids is 2. The molecule has 4 heterocycles. The molecule has 0 aromatic rings. The largest absolute Gasteiger partial charge is 0.481 e. The fourth-order valence-corrected chi connectivity index (χ4v) is 16.3. The van der Waals surface area contributed by atoms with Crippen molar-refractivity contribution in [2.75, 3.05) is 13.2 Å². The van der Waals surface area contributed by atoms with E-state index in [1.807, 2.05) is 0 Å². The number of hydrogen-bond acceptors (Lipinski definition) is 20. The molecule has 75 heavy (non-hydrogen) atoms. The van der Waals surface area contributed by atoms with Crippen molar-refractivity contribution in [2.24, 2.45) is 50.2 Å². The minimum atomic E-state index is -2.10. The summed E-state index contributed by atoms with van der Waals surface area (Å²) in [5, 5.41) is 130. The van der Waals surface area contributed by atoms with Crippen molar-refractivity contribution >= 4 is 11.9 Å². The van der Waals surface area contributed by atoms with E-state index in [9.17, 15) is 70.9 Å². The Kier molecular flexibility index (Phi) is 15.8. The molecule has 22 heteroatoms. The van der Waals surface area contributed by atoms with Crippen LogP contribution in [0.15, 0.2) is 11.6 Å². The van der Waals surface area contributed by atoms with Gasteiger partial charge in [-0.15, -0.1) is 0 Å². The number of fused-ring (bicyclic) bond motifs is 7. The van der Waals surface area contributed by atoms with Crippen LogP contribution in [0.25, 0.3) is 0 Å². The summed E-state index contributed by atoms with van der Waals surface area (Å²) in [6, 6.07) is 0. The Morgan fingerprint density at radius 2 is 1.23 bits per heavy atom. The molecule has 0 unspecified atom stereocenters. The van der Waals surface area contributed by atoms with Gasteiger partial charge in [-0.25, -0.2) is 4.79 Å². The third-order valence-electron chi connectivity index (χ3n) is 21.0. The van der Waals surface area contributed by atoms with Crippen molar-refractivity contribution in [1.82, 2.24) is 0 Å². The van der Waals surface area contributed by atoms with Crippen LogP contribution in [0.5, 0.6) is 0 Å². The maximum absolute atomic E-state index is 13.1. The highest BCUT2D eigenvalue weighted by molar-refractivity contribution is 5.76. The van der Waals surface area contributed by atoms with Gasteiger partial charge in [0.05, 0.1) is 30.8 Å². The second-order valence-electron chi connectivity index (χ2n) is 25.9. The zero-order chi connectivity index (χ0) is 54.9. The van der Waals surface area contributed by atoms with E-state index in [2.05, 4.69) is 54.5 Å². The lowest BCUT2D eigenvalue weighted by atomic mass is 9.33. The topological polar surface area (TPSA) is 351 Å². The van der Waals surface area contributed by atoms with Crippen LogP contribution >= 0.6 is 0 Å². The van der Waals surface area contributed by atoms with Gasteiger partial charge in [0.25, 0.3) is 0 Å². The summed E-state index contributed by atoms with van der Waals surface area (Å²) in [5.74, 6) is -1.89. The number of aliphatic hydroxyl groups excluding tert-OH is 10. The molecule has 4 saturated heterocycles. The highest BCUT2D eigenvalue weighted by Crippen LogP contribution is 2.76. The van der Waals surface area contributed by atoms with E-state index in [4.69, 9.17) is 37.9 Å². The average molecular weight is 1070 g/mol. The second kappa shape index (κ2) is 20.5. The lowest BCUT2D eigenvalue weighted by Gasteiger charge is -2.71. The lowest BCUT2D eigenvalue weighted by molar-refractivity contribution is -0.390. The minimum absolute atomic E-state index is 0.0138. The Morgan fingerprint density at radius 1 is 0.627 bits per heavy atom. The van der Waals surface area contributed by atoms with Crippen LogP contribution < -0.4 is 0 Å². The fourth-order valence-electron chi connectivity index (χ4n) is 16.3. The molecule has 0 amide bonds. The average Bonchev–Trinajstić information content (AvgIpc) is 3.36. The predicted octanol–water partition coefficient (Wildman–Crippen LogP) is 0.289. The summed E-state index contributed by atoms with van der Waals surface area (Å²) in [5.41, 5.74) is -0.333. The van der Waals surface area contributed by atoms with Gasteiger partial charge in [-0.05, 0) is 116 Å². The summed E-state index contributed by atoms with van der Waals surface area (Å²) in [6.07, 6.45) is -23.8. The van der Waals surface area contributed by atoms with Crippen molar-refractivity contribution in [3.05, 3.63) is 11.6 Å². The van der Waals surface area contributed by atoms with Crippen molar-refractivity contribution in [3.63, 3.8) is 0 Å². The Labute approximate surface area is 437 Å². The van der Waals surface area contributed by atoms with Gasteiger partial charge in [0.1, 0.15) is 79.4 Å². The van der Waals surface area contributed by atoms with Gasteiger partial charge >= 0.3 is 11.9 Å². The van der Waals surface area contributed by atoms with E-state index < -0.39 is 159 Å². The molecule has 27 atom stereocenters. The smallest absolute Gasteiger partial charge is 0.335 e. The Hall–Kier alpha value is -2.04. The van der Waals surface area contributed by atoms with E-state index in [-0.39, 0.29) is 39.4 Å². The lowest BCUT2D eigenvalue weighted by Crippen LogP contribution is -2.68. The molecule has 0 spiro atoms. The van der Waals surface area contributed by atoms with Gasteiger partial charge in [-0.2, -0.15) is 0 Å². The monoisotopic (exact) mass is 1070 g/mol. The first-order valence-corrected chi connectivity index (χ1v) is 27.1. The van der Waals surface area contributed by atoms with Crippen molar-refractivity contribution in [2.45, 2.75) is 242 Å². The van der Waals surface area contributed by atoms with Crippen LogP contribution in [0.3, 0.4) is 0 Å². The number of aliphatic carboxylic acids is 2. The zero-order valence-electron chi connectivity index (χ0n) is 44.3. The molecule has 0 aromatic carbocycles. The number of aliphatic hydroxyl groups is 10. The van der Waals surface area contributed by atoms with E-state index in [0.29, 0.717) is 19.3 Å². The number of ether oxygens (including phenoxy) is 8. The van der Waals surface area contributed by atoms with Gasteiger partial charge < -0.3 is 99.2 Å². The molecule has 22 nitrogen and oxygen atoms in total. The first-order valence-electron chi connectivity index (χ1n) is 27.1. The quantitative estimate of drug-likeness (QED) is 0.0977. The van der Waals surface area contributed by atoms with Crippen LogP contribution in [0.1, 0.15) is 120 Å². The first-order chi connectivity index (χ1) is 35.0. The second-order valence-corrected chi connectivity index (χ2v) is 25.9. The Bertz CT molecular complexity index is 2120. The van der Waals surface area contributed by atoms with Crippen molar-refractivity contribution in [3.8, 4) is 0 Å². The molecule has 12 N–H and O–H groups in total. The molecular weight excluding hydrogens is 989 g/mol. The van der Waals surface area contributed by atoms with Gasteiger partial charge in [0, 0.05) is 0 Å². The number of carboxylic acid groups (broad SMARTS) is 2. The maximum Gasteiger partial charge on any atom is 0.335 e. The van der Waals surface area contributed by atoms with E-state index in [1.165, 1.54) is 12.5 Å². The van der Waals surface area contributed by atoms with Crippen LogP contribution in [0.4, 0.5) is 0 Å². The summed E-state index contributed by atoms with van der Waals surface area (Å²) in [6.45, 7) is 16.0. The Balaban J connectivity index is 0.871. The summed E-state index contributed by atoms with van der Waals surface area (Å²) >= 11 is 0. The minimum Gasteiger partial charge on any atom is -0.481 e. The van der Waals surface area contributed by atoms with Gasteiger partial charge in [0.2, 0.25) is 0 Å². The molecule has 9 aliphatic rings. The first kappa shape index (κ1) is 57.6. The molecule has 0 bridgehead atoms. The summed E-state index contributed by atoms with van der Waals surface area (Å²) < 4.78 is 46.9. The highest BCUT2D eigenvalue weighted by Gasteiger charge is 2.70. The maximum atomic E-state index is 13.1. The van der Waals surface area contributed by atoms with E-state index in [0.717, 1.165) is 44.9 Å². The molecular formula is C53H84O22. The number of carbonyl (C=O) groups is 2. The SMILES string of the molecule is C[C@@H]1O[C@@H](O[C@@H]2[C@H](O)[C@@H](O)[C@H](O[C@H]3[C@H](O)[C@@H](O)[C@H](O[C@H]4CC[C@]5(C)[C@H]6CC=C7[C@@H]8CC(C)(C)CC[C@]8(C(=O)O)CC[C@@]7(C)[C@]6(C)CC[C@H]5C4(C)C)O[C@@H]3C(=O)O)O[C@@H]2CO)[C@H](O[C@@H]2OC[C@H](O)[C@H](O)[C@H]2O)[C@H](O)[C@H]1O. The van der Waals surface area contributed by atoms with Crippen molar-refractivity contribution in [1.29, 1.82) is 0 Å². The molecule has 428 valence electrons. The van der Waals surface area contributed by atoms with Crippen LogP contribution in [-0.4, -0.2) is 209 Å². The number of rotatable bonds is 11. The molecule has 0 radical (unpaired) electrons. The molecule has 0 aromatic heterocycles. The third kappa shape index (κ3) is 9.36. The molecule has 4 aliphatic heterocycles. The van der Waals surface area contributed by atoms with Crippen LogP contribution in [0, 0.1) is 50.2 Å². The fraction of sp³-hybridized carbons (Fsp3) is 0.925. The van der Waals surface area contributed by atoms with E-state index in [1.54, 1.807) is 0 Å². The molecule has 8 fully saturated rings. The molecule has 4 saturated carbocycles. The van der Waals surface area contributed by atoms with Gasteiger partial charge in [0.15, 0.2) is 31.3 Å².